The Morgan fingerprint density at radius 3 is 2.52 bits per heavy atom. The second-order valence-corrected chi connectivity index (χ2v) is 7.80. The zero-order valence-corrected chi connectivity index (χ0v) is 14.3. The van der Waals surface area contributed by atoms with E-state index in [0.717, 1.165) is 18.8 Å². The summed E-state index contributed by atoms with van der Waals surface area (Å²) >= 11 is 5.97. The highest BCUT2D eigenvalue weighted by Crippen LogP contribution is 2.31. The van der Waals surface area contributed by atoms with Gasteiger partial charge in [0, 0.05) is 30.9 Å². The predicted octanol–water partition coefficient (Wildman–Crippen LogP) is 4.33. The minimum absolute atomic E-state index is 0.185. The molecule has 1 heterocycles. The molecule has 1 aromatic rings. The third-order valence-corrected chi connectivity index (χ3v) is 4.69. The van der Waals surface area contributed by atoms with Crippen molar-refractivity contribution in [1.29, 1.82) is 0 Å². The van der Waals surface area contributed by atoms with Crippen molar-refractivity contribution in [3.05, 3.63) is 29.0 Å². The van der Waals surface area contributed by atoms with Gasteiger partial charge >= 0.3 is 0 Å². The van der Waals surface area contributed by atoms with Gasteiger partial charge < -0.3 is 10.2 Å². The molecule has 2 nitrogen and oxygen atoms in total. The van der Waals surface area contributed by atoms with Crippen LogP contribution in [0.1, 0.15) is 34.6 Å². The Morgan fingerprint density at radius 1 is 1.33 bits per heavy atom. The predicted molar refractivity (Wildman–Crippen MR) is 88.6 cm³/mol. The Bertz CT molecular complexity index is 496. The molecule has 0 aliphatic carbocycles. The van der Waals surface area contributed by atoms with Gasteiger partial charge in [0.2, 0.25) is 0 Å². The van der Waals surface area contributed by atoms with Crippen LogP contribution in [0.5, 0.6) is 0 Å². The standard InChI is InChI=1S/C17H26ClFN2/c1-11(2)15-9-20-16(17(3,4)5)10-21(15)12-6-7-14(19)13(18)8-12/h6-8,11,15-16,20H,9-10H2,1-5H3. The average molecular weight is 313 g/mol. The molecule has 4 heteroatoms. The van der Waals surface area contributed by atoms with Gasteiger partial charge in [-0.1, -0.05) is 46.2 Å². The minimum Gasteiger partial charge on any atom is -0.365 e. The van der Waals surface area contributed by atoms with Gasteiger partial charge in [-0.3, -0.25) is 0 Å². The Labute approximate surface area is 132 Å². The van der Waals surface area contributed by atoms with E-state index in [1.165, 1.54) is 6.07 Å². The Balaban J connectivity index is 2.31. The summed E-state index contributed by atoms with van der Waals surface area (Å²) < 4.78 is 13.4. The van der Waals surface area contributed by atoms with E-state index >= 15 is 0 Å². The van der Waals surface area contributed by atoms with Gasteiger partial charge in [0.05, 0.1) is 5.02 Å². The zero-order valence-electron chi connectivity index (χ0n) is 13.6. The first-order valence-electron chi connectivity index (χ1n) is 7.65. The summed E-state index contributed by atoms with van der Waals surface area (Å²) in [4.78, 5) is 2.38. The molecule has 21 heavy (non-hydrogen) atoms. The van der Waals surface area contributed by atoms with E-state index in [9.17, 15) is 4.39 Å². The summed E-state index contributed by atoms with van der Waals surface area (Å²) in [5, 5.41) is 3.86. The summed E-state index contributed by atoms with van der Waals surface area (Å²) in [6.07, 6.45) is 0. The number of benzene rings is 1. The maximum atomic E-state index is 13.4. The fraction of sp³-hybridized carbons (Fsp3) is 0.647. The van der Waals surface area contributed by atoms with E-state index in [0.29, 0.717) is 18.0 Å². The lowest BCUT2D eigenvalue weighted by molar-refractivity contribution is 0.221. The Kier molecular flexibility index (Phi) is 4.84. The molecule has 0 saturated carbocycles. The summed E-state index contributed by atoms with van der Waals surface area (Å²) in [6.45, 7) is 13.0. The molecule has 2 atom stereocenters. The number of piperazine rings is 1. The van der Waals surface area contributed by atoms with E-state index in [1.807, 2.05) is 6.07 Å². The van der Waals surface area contributed by atoms with E-state index in [4.69, 9.17) is 11.6 Å². The molecule has 2 rings (SSSR count). The van der Waals surface area contributed by atoms with Gasteiger partial charge in [0.1, 0.15) is 5.82 Å². The van der Waals surface area contributed by atoms with E-state index in [1.54, 1.807) is 6.07 Å². The maximum absolute atomic E-state index is 13.4. The molecular weight excluding hydrogens is 287 g/mol. The number of anilines is 1. The molecule has 1 aliphatic heterocycles. The van der Waals surface area contributed by atoms with Gasteiger partial charge in [-0.05, 0) is 29.5 Å². The molecule has 1 N–H and O–H groups in total. The topological polar surface area (TPSA) is 15.3 Å². The van der Waals surface area contributed by atoms with Crippen LogP contribution in [0.15, 0.2) is 18.2 Å². The molecule has 1 aliphatic rings. The number of nitrogens with zero attached hydrogens (tertiary/aromatic N) is 1. The van der Waals surface area contributed by atoms with Crippen LogP contribution in [0.2, 0.25) is 5.02 Å². The van der Waals surface area contributed by atoms with Crippen LogP contribution in [0, 0.1) is 17.2 Å². The van der Waals surface area contributed by atoms with Gasteiger partial charge in [0.15, 0.2) is 0 Å². The average Bonchev–Trinajstić information content (AvgIpc) is 2.40. The van der Waals surface area contributed by atoms with Gasteiger partial charge in [-0.2, -0.15) is 0 Å². The highest BCUT2D eigenvalue weighted by molar-refractivity contribution is 6.31. The van der Waals surface area contributed by atoms with Gasteiger partial charge in [-0.15, -0.1) is 0 Å². The summed E-state index contributed by atoms with van der Waals surface area (Å²) in [7, 11) is 0. The first kappa shape index (κ1) is 16.6. The normalized spacial score (nSPS) is 23.7. The number of hydrogen-bond acceptors (Lipinski definition) is 2. The fourth-order valence-electron chi connectivity index (χ4n) is 2.91. The molecule has 1 fully saturated rings. The van der Waals surface area contributed by atoms with Crippen LogP contribution in [0.4, 0.5) is 10.1 Å². The SMILES string of the molecule is CC(C)C1CNC(C(C)(C)C)CN1c1ccc(F)c(Cl)c1. The first-order chi connectivity index (χ1) is 9.70. The summed E-state index contributed by atoms with van der Waals surface area (Å²) in [6, 6.07) is 5.84. The number of hydrogen-bond donors (Lipinski definition) is 1. The lowest BCUT2D eigenvalue weighted by Crippen LogP contribution is -2.62. The quantitative estimate of drug-likeness (QED) is 0.874. The van der Waals surface area contributed by atoms with E-state index < -0.39 is 0 Å². The Morgan fingerprint density at radius 2 is 2.00 bits per heavy atom. The van der Waals surface area contributed by atoms with Crippen molar-refractivity contribution in [2.24, 2.45) is 11.3 Å². The molecule has 0 bridgehead atoms. The lowest BCUT2D eigenvalue weighted by Gasteiger charge is -2.47. The minimum atomic E-state index is -0.357. The van der Waals surface area contributed by atoms with Crippen molar-refractivity contribution in [2.45, 2.75) is 46.7 Å². The molecule has 0 amide bonds. The molecule has 1 saturated heterocycles. The third kappa shape index (κ3) is 3.70. The smallest absolute Gasteiger partial charge is 0.141 e. The zero-order chi connectivity index (χ0) is 15.8. The summed E-state index contributed by atoms with van der Waals surface area (Å²) in [5.41, 5.74) is 1.19. The Hall–Kier alpha value is -0.800. The molecular formula is C17H26ClFN2. The van der Waals surface area contributed by atoms with Crippen LogP contribution in [-0.2, 0) is 0 Å². The van der Waals surface area contributed by atoms with Crippen molar-refractivity contribution in [3.63, 3.8) is 0 Å². The van der Waals surface area contributed by atoms with Gasteiger partial charge in [0.25, 0.3) is 0 Å². The second kappa shape index (κ2) is 6.13. The number of halogens is 2. The second-order valence-electron chi connectivity index (χ2n) is 7.39. The van der Waals surface area contributed by atoms with Crippen LogP contribution in [-0.4, -0.2) is 25.2 Å². The van der Waals surface area contributed by atoms with Crippen molar-refractivity contribution in [3.8, 4) is 0 Å². The monoisotopic (exact) mass is 312 g/mol. The molecule has 1 aromatic carbocycles. The molecule has 118 valence electrons. The third-order valence-electron chi connectivity index (χ3n) is 4.40. The first-order valence-corrected chi connectivity index (χ1v) is 8.03. The van der Waals surface area contributed by atoms with Crippen LogP contribution in [0.25, 0.3) is 0 Å². The van der Waals surface area contributed by atoms with Crippen LogP contribution < -0.4 is 10.2 Å². The van der Waals surface area contributed by atoms with Crippen LogP contribution >= 0.6 is 11.6 Å². The molecule has 0 aromatic heterocycles. The van der Waals surface area contributed by atoms with E-state index in [-0.39, 0.29) is 16.3 Å². The van der Waals surface area contributed by atoms with E-state index in [2.05, 4.69) is 44.8 Å². The van der Waals surface area contributed by atoms with Crippen molar-refractivity contribution < 1.29 is 4.39 Å². The number of rotatable bonds is 2. The largest absolute Gasteiger partial charge is 0.365 e. The highest BCUT2D eigenvalue weighted by Gasteiger charge is 2.35. The van der Waals surface area contributed by atoms with Crippen molar-refractivity contribution in [1.82, 2.24) is 5.32 Å². The summed E-state index contributed by atoms with van der Waals surface area (Å²) in [5.74, 6) is 0.159. The lowest BCUT2D eigenvalue weighted by atomic mass is 9.83. The molecule has 0 radical (unpaired) electrons. The fourth-order valence-corrected chi connectivity index (χ4v) is 3.08. The maximum Gasteiger partial charge on any atom is 0.141 e. The van der Waals surface area contributed by atoms with Crippen LogP contribution in [0.3, 0.4) is 0 Å². The highest BCUT2D eigenvalue weighted by atomic mass is 35.5. The van der Waals surface area contributed by atoms with Crippen molar-refractivity contribution in [2.75, 3.05) is 18.0 Å². The number of nitrogens with one attached hydrogen (secondary N) is 1. The molecule has 0 spiro atoms. The van der Waals surface area contributed by atoms with Crippen molar-refractivity contribution >= 4 is 17.3 Å². The molecule has 2 unspecified atom stereocenters. The van der Waals surface area contributed by atoms with Gasteiger partial charge in [-0.25, -0.2) is 4.39 Å².